The highest BCUT2D eigenvalue weighted by molar-refractivity contribution is 7.09. The van der Waals surface area contributed by atoms with Gasteiger partial charge in [-0.3, -0.25) is 38.4 Å². The van der Waals surface area contributed by atoms with Crippen molar-refractivity contribution in [1.82, 2.24) is 46.7 Å². The molecule has 3 rings (SSSR count). The minimum absolute atomic E-state index is 0.0398. The zero-order chi connectivity index (χ0) is 52.1. The van der Waals surface area contributed by atoms with E-state index < -0.39 is 77.9 Å². The zero-order valence-electron chi connectivity index (χ0n) is 41.9. The lowest BCUT2D eigenvalue weighted by Gasteiger charge is -2.39. The van der Waals surface area contributed by atoms with E-state index in [0.717, 1.165) is 11.4 Å². The number of likely N-dealkylation sites (tertiary alicyclic amines) is 1. The van der Waals surface area contributed by atoms with Crippen molar-refractivity contribution >= 4 is 70.9 Å². The molecule has 1 aliphatic rings. The van der Waals surface area contributed by atoms with Crippen LogP contribution in [0.5, 0.6) is 0 Å². The maximum atomic E-state index is 14.1. The predicted octanol–water partition coefficient (Wildman–Crippen LogP) is 1.44. The minimum atomic E-state index is -1.50. The molecule has 1 aliphatic heterocycles. The number of methoxy groups -OCH3 is 2. The first-order chi connectivity index (χ1) is 33.2. The molecule has 0 spiro atoms. The van der Waals surface area contributed by atoms with Crippen molar-refractivity contribution in [2.45, 2.75) is 123 Å². The number of nitrogens with one attached hydrogen (secondary N) is 7. The number of ether oxygens (including phenoxy) is 3. The fourth-order valence-electron chi connectivity index (χ4n) is 8.05. The summed E-state index contributed by atoms with van der Waals surface area (Å²) in [5.74, 6) is -4.14. The highest BCUT2D eigenvalue weighted by Crippen LogP contribution is 2.29. The molecule has 0 aliphatic carbocycles. The van der Waals surface area contributed by atoms with Crippen LogP contribution in [0.3, 0.4) is 0 Å². The number of hydrogen-bond donors (Lipinski definition) is 7. The maximum absolute atomic E-state index is 14.1. The van der Waals surface area contributed by atoms with E-state index in [0.29, 0.717) is 43.6 Å². The number of nitrogens with zero attached hydrogens (tertiary/aromatic N) is 3. The van der Waals surface area contributed by atoms with Crippen molar-refractivity contribution in [1.29, 1.82) is 0 Å². The number of likely N-dealkylation sites (N-methyl/N-ethyl adjacent to an activating group) is 1. The van der Waals surface area contributed by atoms with Crippen LogP contribution in [-0.4, -0.2) is 152 Å². The Morgan fingerprint density at radius 1 is 0.929 bits per heavy atom. The van der Waals surface area contributed by atoms with E-state index >= 15 is 0 Å². The molecule has 7 unspecified atom stereocenters. The molecular weight excluding hydrogens is 929 g/mol. The monoisotopic (exact) mass is 1000 g/mol. The number of carbonyl (C=O) groups excluding carboxylic acids is 9. The standard InChI is InChI=1S/C47H72N10O12S/c1-11-29(4)41(34(67-9)21-38(61)57-19-12-13-33(57)42(68-10)30(5)43(63)51-24-37-49-18-20-70-37)56(8)39(62)25-52-45(65)47(6,7)55-46(66)69-26-31-14-16-32(17-15-31)53-36(60)23-50-44(64)40(28(2)3)54-35(59)22-48-27-58/h14-18,20,27-30,33-34,40-42H,11-13,19,21-26H2,1-10H3,(H,48,58)(H,50,64)(H,51,63)(H,52,65)(H,53,60)(H,54,59)(H,55,66). The Bertz CT molecular complexity index is 2070. The number of benzene rings is 1. The van der Waals surface area contributed by atoms with Crippen LogP contribution in [0.25, 0.3) is 0 Å². The van der Waals surface area contributed by atoms with Gasteiger partial charge in [0.1, 0.15) is 23.2 Å². The Hall–Kier alpha value is -6.20. The fourth-order valence-corrected chi connectivity index (χ4v) is 8.60. The van der Waals surface area contributed by atoms with Crippen molar-refractivity contribution in [3.05, 3.63) is 46.4 Å². The predicted molar refractivity (Wildman–Crippen MR) is 259 cm³/mol. The molecule has 2 aromatic rings. The number of thiazole rings is 1. The van der Waals surface area contributed by atoms with Gasteiger partial charge in [0.25, 0.3) is 0 Å². The second kappa shape index (κ2) is 28.5. The van der Waals surface area contributed by atoms with Gasteiger partial charge in [0.05, 0.1) is 62.8 Å². The SMILES string of the molecule is CCC(C)C(C(CC(=O)N1CCCC1C(OC)C(C)C(=O)NCc1nccs1)OC)N(C)C(=O)CNC(=O)C(C)(C)NC(=O)OCc1ccc(NC(=O)CNC(=O)C(NC(=O)CNC=O)C(C)C)cc1. The molecule has 0 radical (unpaired) electrons. The van der Waals surface area contributed by atoms with Crippen LogP contribution in [0, 0.1) is 17.8 Å². The summed E-state index contributed by atoms with van der Waals surface area (Å²) in [4.78, 5) is 122. The summed E-state index contributed by atoms with van der Waals surface area (Å²) in [6.07, 6.45) is 1.87. The highest BCUT2D eigenvalue weighted by Gasteiger charge is 2.42. The number of amides is 9. The van der Waals surface area contributed by atoms with E-state index in [1.807, 2.05) is 19.2 Å². The van der Waals surface area contributed by atoms with Crippen LogP contribution in [-0.2, 0) is 65.7 Å². The molecule has 388 valence electrons. The Morgan fingerprint density at radius 3 is 2.23 bits per heavy atom. The van der Waals surface area contributed by atoms with Gasteiger partial charge in [-0.1, -0.05) is 53.2 Å². The smallest absolute Gasteiger partial charge is 0.408 e. The summed E-state index contributed by atoms with van der Waals surface area (Å²) < 4.78 is 17.1. The average Bonchev–Trinajstić information content (AvgIpc) is 4.05. The van der Waals surface area contributed by atoms with Crippen LogP contribution in [0.4, 0.5) is 10.5 Å². The first kappa shape index (κ1) is 58.1. The third kappa shape index (κ3) is 17.6. The van der Waals surface area contributed by atoms with Crippen molar-refractivity contribution in [2.24, 2.45) is 17.8 Å². The van der Waals surface area contributed by atoms with Crippen LogP contribution in [0.2, 0.25) is 0 Å². The van der Waals surface area contributed by atoms with Gasteiger partial charge >= 0.3 is 6.09 Å². The molecule has 70 heavy (non-hydrogen) atoms. The van der Waals surface area contributed by atoms with Crippen molar-refractivity contribution < 1.29 is 57.4 Å². The minimum Gasteiger partial charge on any atom is -0.445 e. The highest BCUT2D eigenvalue weighted by atomic mass is 32.1. The van der Waals surface area contributed by atoms with Crippen LogP contribution < -0.4 is 37.2 Å². The first-order valence-electron chi connectivity index (χ1n) is 23.3. The van der Waals surface area contributed by atoms with Gasteiger partial charge < -0.3 is 61.2 Å². The molecule has 0 bridgehead atoms. The van der Waals surface area contributed by atoms with Gasteiger partial charge in [-0.25, -0.2) is 9.78 Å². The molecule has 9 amide bonds. The summed E-state index contributed by atoms with van der Waals surface area (Å²) in [5, 5.41) is 20.5. The van der Waals surface area contributed by atoms with E-state index in [1.165, 1.54) is 44.3 Å². The molecule has 1 aromatic carbocycles. The zero-order valence-corrected chi connectivity index (χ0v) is 42.7. The molecule has 7 atom stereocenters. The number of rotatable bonds is 28. The lowest BCUT2D eigenvalue weighted by Crippen LogP contribution is -2.57. The van der Waals surface area contributed by atoms with Gasteiger partial charge in [-0.2, -0.15) is 0 Å². The van der Waals surface area contributed by atoms with E-state index in [9.17, 15) is 43.2 Å². The first-order valence-corrected chi connectivity index (χ1v) is 24.2. The summed E-state index contributed by atoms with van der Waals surface area (Å²) in [5.41, 5.74) is -0.553. The number of hydrogen-bond acceptors (Lipinski definition) is 14. The lowest BCUT2D eigenvalue weighted by atomic mass is 9.90. The van der Waals surface area contributed by atoms with E-state index in [1.54, 1.807) is 63.2 Å². The van der Waals surface area contributed by atoms with Crippen LogP contribution in [0.15, 0.2) is 35.8 Å². The number of aromatic nitrogens is 1. The summed E-state index contributed by atoms with van der Waals surface area (Å²) in [7, 11) is 4.63. The molecule has 0 saturated carbocycles. The number of carbonyl (C=O) groups is 9. The Kier molecular flexibility index (Phi) is 23.6. The Balaban J connectivity index is 1.50. The summed E-state index contributed by atoms with van der Waals surface area (Å²) >= 11 is 1.44. The summed E-state index contributed by atoms with van der Waals surface area (Å²) in [6, 6.07) is 4.50. The molecule has 23 heteroatoms. The lowest BCUT2D eigenvalue weighted by molar-refractivity contribution is -0.145. The van der Waals surface area contributed by atoms with Crippen molar-refractivity contribution in [3.63, 3.8) is 0 Å². The quantitative estimate of drug-likeness (QED) is 0.0596. The van der Waals surface area contributed by atoms with Crippen LogP contribution >= 0.6 is 11.3 Å². The van der Waals surface area contributed by atoms with Gasteiger partial charge in [0.15, 0.2) is 0 Å². The van der Waals surface area contributed by atoms with Gasteiger partial charge in [-0.15, -0.1) is 11.3 Å². The number of anilines is 1. The van der Waals surface area contributed by atoms with E-state index in [4.69, 9.17) is 14.2 Å². The number of alkyl carbamates (subject to hydrolysis) is 1. The van der Waals surface area contributed by atoms with Crippen molar-refractivity contribution in [3.8, 4) is 0 Å². The molecule has 1 aromatic heterocycles. The molecule has 2 heterocycles. The normalized spacial score (nSPS) is 16.0. The second-order valence-corrected chi connectivity index (χ2v) is 19.0. The second-order valence-electron chi connectivity index (χ2n) is 18.0. The van der Waals surface area contributed by atoms with E-state index in [-0.39, 0.29) is 55.8 Å². The largest absolute Gasteiger partial charge is 0.445 e. The molecule has 1 saturated heterocycles. The molecule has 22 nitrogen and oxygen atoms in total. The topological polar surface area (TPSA) is 285 Å². The van der Waals surface area contributed by atoms with Gasteiger partial charge in [-0.05, 0) is 56.2 Å². The fraction of sp³-hybridized carbons (Fsp3) is 0.617. The van der Waals surface area contributed by atoms with E-state index in [2.05, 4.69) is 42.2 Å². The third-order valence-electron chi connectivity index (χ3n) is 12.2. The van der Waals surface area contributed by atoms with Crippen LogP contribution in [0.1, 0.15) is 84.7 Å². The average molecular weight is 1000 g/mol. The third-order valence-corrected chi connectivity index (χ3v) is 13.0. The van der Waals surface area contributed by atoms with Crippen molar-refractivity contribution in [2.75, 3.05) is 52.8 Å². The summed E-state index contributed by atoms with van der Waals surface area (Å²) in [6.45, 7) is 11.6. The Morgan fingerprint density at radius 2 is 1.63 bits per heavy atom. The molecule has 7 N–H and O–H groups in total. The molecule has 1 fully saturated rings. The van der Waals surface area contributed by atoms with Gasteiger partial charge in [0, 0.05) is 45.1 Å². The molecular formula is C47H72N10O12S. The van der Waals surface area contributed by atoms with Gasteiger partial charge in [0.2, 0.25) is 47.8 Å². The maximum Gasteiger partial charge on any atom is 0.408 e. The Labute approximate surface area is 413 Å².